The van der Waals surface area contributed by atoms with Crippen LogP contribution in [-0.4, -0.2) is 95.9 Å². The first-order valence-electron chi connectivity index (χ1n) is 13.4. The Morgan fingerprint density at radius 2 is 1.70 bits per heavy atom. The Bertz CT molecular complexity index is 826. The normalized spacial score (nSPS) is 14.5. The minimum absolute atomic E-state index is 0.0305. The summed E-state index contributed by atoms with van der Waals surface area (Å²) in [6.07, 6.45) is 3.33. The van der Waals surface area contributed by atoms with Gasteiger partial charge in [-0.2, -0.15) is 0 Å². The third-order valence-corrected chi connectivity index (χ3v) is 6.47. The number of ketones is 1. The lowest BCUT2D eigenvalue weighted by Crippen LogP contribution is -2.49. The standard InChI is InChI=1S/C28H45N3O6/c1-23(32)20-25-8-4-5-9-26(25)30-14-16-31(17-15-30)28(34)11-6-10-27(33)29-13-7-18-37-22-24(21-36-3)12-19-35-2/h4-5,8-9,24H,6-7,10-22H2,1-3H3,(H,29,33). The van der Waals surface area contributed by atoms with Crippen molar-refractivity contribution in [3.63, 3.8) is 0 Å². The van der Waals surface area contributed by atoms with E-state index in [-0.39, 0.29) is 17.6 Å². The molecule has 1 aromatic carbocycles. The summed E-state index contributed by atoms with van der Waals surface area (Å²) in [5.74, 6) is 0.514. The number of hydrogen-bond donors (Lipinski definition) is 1. The fraction of sp³-hybridized carbons (Fsp3) is 0.679. The smallest absolute Gasteiger partial charge is 0.222 e. The minimum atomic E-state index is -0.0305. The van der Waals surface area contributed by atoms with Gasteiger partial charge in [0.15, 0.2) is 0 Å². The van der Waals surface area contributed by atoms with Crippen LogP contribution < -0.4 is 10.2 Å². The Balaban J connectivity index is 1.57. The van der Waals surface area contributed by atoms with Crippen LogP contribution in [0.25, 0.3) is 0 Å². The average molecular weight is 520 g/mol. The summed E-state index contributed by atoms with van der Waals surface area (Å²) in [7, 11) is 3.37. The molecule has 0 saturated carbocycles. The molecule has 0 aliphatic carbocycles. The van der Waals surface area contributed by atoms with Crippen LogP contribution in [0.3, 0.4) is 0 Å². The minimum Gasteiger partial charge on any atom is -0.385 e. The zero-order valence-electron chi connectivity index (χ0n) is 22.8. The number of ether oxygens (including phenoxy) is 3. The largest absolute Gasteiger partial charge is 0.385 e. The summed E-state index contributed by atoms with van der Waals surface area (Å²) < 4.78 is 16.0. The summed E-state index contributed by atoms with van der Waals surface area (Å²) in [6.45, 7) is 7.46. The maximum Gasteiger partial charge on any atom is 0.222 e. The van der Waals surface area contributed by atoms with Gasteiger partial charge in [-0.05, 0) is 37.8 Å². The maximum absolute atomic E-state index is 12.6. The van der Waals surface area contributed by atoms with Crippen molar-refractivity contribution < 1.29 is 28.6 Å². The van der Waals surface area contributed by atoms with Gasteiger partial charge in [0.05, 0.1) is 13.2 Å². The Morgan fingerprint density at radius 3 is 2.41 bits per heavy atom. The topological polar surface area (TPSA) is 97.4 Å². The van der Waals surface area contributed by atoms with E-state index in [0.717, 1.165) is 37.2 Å². The number of Topliss-reactive ketones (excluding diaryl/α,β-unsaturated/α-hetero) is 1. The number of nitrogens with one attached hydrogen (secondary N) is 1. The molecule has 0 bridgehead atoms. The second kappa shape index (κ2) is 17.9. The van der Waals surface area contributed by atoms with E-state index in [2.05, 4.69) is 10.2 Å². The van der Waals surface area contributed by atoms with Gasteiger partial charge < -0.3 is 29.3 Å². The van der Waals surface area contributed by atoms with E-state index in [1.807, 2.05) is 29.2 Å². The van der Waals surface area contributed by atoms with Crippen LogP contribution in [0.4, 0.5) is 5.69 Å². The average Bonchev–Trinajstić information content (AvgIpc) is 2.89. The third-order valence-electron chi connectivity index (χ3n) is 6.47. The van der Waals surface area contributed by atoms with Crippen LogP contribution >= 0.6 is 0 Å². The molecule has 1 heterocycles. The number of benzene rings is 1. The van der Waals surface area contributed by atoms with Gasteiger partial charge in [0, 0.05) is 91.0 Å². The van der Waals surface area contributed by atoms with E-state index >= 15 is 0 Å². The number of piperazine rings is 1. The molecule has 1 saturated heterocycles. The van der Waals surface area contributed by atoms with Gasteiger partial charge in [0.25, 0.3) is 0 Å². The zero-order valence-corrected chi connectivity index (χ0v) is 22.8. The highest BCUT2D eigenvalue weighted by Gasteiger charge is 2.22. The van der Waals surface area contributed by atoms with Gasteiger partial charge >= 0.3 is 0 Å². The number of carbonyl (C=O) groups is 3. The molecule has 1 aliphatic heterocycles. The summed E-state index contributed by atoms with van der Waals surface area (Å²) in [4.78, 5) is 40.5. The quantitative estimate of drug-likeness (QED) is 0.298. The molecule has 2 amide bonds. The molecule has 1 fully saturated rings. The highest BCUT2D eigenvalue weighted by molar-refractivity contribution is 5.81. The van der Waals surface area contributed by atoms with Crippen molar-refractivity contribution in [3.05, 3.63) is 29.8 Å². The number of hydrogen-bond acceptors (Lipinski definition) is 7. The van der Waals surface area contributed by atoms with Crippen LogP contribution in [-0.2, 0) is 35.0 Å². The van der Waals surface area contributed by atoms with E-state index in [1.165, 1.54) is 0 Å². The number of rotatable bonds is 18. The van der Waals surface area contributed by atoms with E-state index < -0.39 is 0 Å². The van der Waals surface area contributed by atoms with Crippen molar-refractivity contribution in [1.29, 1.82) is 0 Å². The molecule has 0 radical (unpaired) electrons. The molecule has 0 spiro atoms. The number of para-hydroxylation sites is 1. The van der Waals surface area contributed by atoms with Crippen molar-refractivity contribution in [3.8, 4) is 0 Å². The zero-order chi connectivity index (χ0) is 26.9. The highest BCUT2D eigenvalue weighted by Crippen LogP contribution is 2.23. The molecular formula is C28H45N3O6. The van der Waals surface area contributed by atoms with Gasteiger partial charge in [0.2, 0.25) is 11.8 Å². The Morgan fingerprint density at radius 1 is 0.946 bits per heavy atom. The van der Waals surface area contributed by atoms with Crippen LogP contribution in [0.1, 0.15) is 44.6 Å². The third kappa shape index (κ3) is 12.1. The van der Waals surface area contributed by atoms with Crippen molar-refractivity contribution in [2.45, 2.75) is 45.4 Å². The molecule has 1 atom stereocenters. The second-order valence-electron chi connectivity index (χ2n) is 9.61. The first-order chi connectivity index (χ1) is 17.9. The van der Waals surface area contributed by atoms with Crippen molar-refractivity contribution in [1.82, 2.24) is 10.2 Å². The first kappa shape index (κ1) is 30.7. The lowest BCUT2D eigenvalue weighted by atomic mass is 10.1. The van der Waals surface area contributed by atoms with Gasteiger partial charge in [-0.3, -0.25) is 14.4 Å². The van der Waals surface area contributed by atoms with Gasteiger partial charge in [-0.15, -0.1) is 0 Å². The number of methoxy groups -OCH3 is 2. The van der Waals surface area contributed by atoms with Crippen molar-refractivity contribution in [2.75, 3.05) is 78.3 Å². The Hall–Kier alpha value is -2.49. The van der Waals surface area contributed by atoms with Crippen molar-refractivity contribution in [2.24, 2.45) is 5.92 Å². The Kier molecular flexibility index (Phi) is 14.8. The SMILES string of the molecule is COCCC(COC)COCCCNC(=O)CCCC(=O)N1CCN(c2ccccc2CC(C)=O)CC1. The monoisotopic (exact) mass is 519 g/mol. The molecule has 9 heteroatoms. The Labute approximate surface area is 221 Å². The lowest BCUT2D eigenvalue weighted by Gasteiger charge is -2.37. The van der Waals surface area contributed by atoms with Crippen LogP contribution in [0.2, 0.25) is 0 Å². The summed E-state index contributed by atoms with van der Waals surface area (Å²) in [6, 6.07) is 7.98. The number of carbonyl (C=O) groups excluding carboxylic acids is 3. The van der Waals surface area contributed by atoms with E-state index in [0.29, 0.717) is 77.7 Å². The van der Waals surface area contributed by atoms with Crippen LogP contribution in [0, 0.1) is 5.92 Å². The van der Waals surface area contributed by atoms with Crippen LogP contribution in [0.15, 0.2) is 24.3 Å². The molecule has 1 unspecified atom stereocenters. The predicted molar refractivity (Wildman–Crippen MR) is 144 cm³/mol. The fourth-order valence-corrected chi connectivity index (χ4v) is 4.47. The summed E-state index contributed by atoms with van der Waals surface area (Å²) >= 11 is 0. The van der Waals surface area contributed by atoms with Crippen LogP contribution in [0.5, 0.6) is 0 Å². The summed E-state index contributed by atoms with van der Waals surface area (Å²) in [5, 5.41) is 2.91. The first-order valence-corrected chi connectivity index (χ1v) is 13.4. The molecule has 9 nitrogen and oxygen atoms in total. The summed E-state index contributed by atoms with van der Waals surface area (Å²) in [5.41, 5.74) is 2.11. The molecule has 2 rings (SSSR count). The van der Waals surface area contributed by atoms with Gasteiger partial charge in [-0.25, -0.2) is 0 Å². The number of amides is 2. The molecule has 0 aromatic heterocycles. The fourth-order valence-electron chi connectivity index (χ4n) is 4.47. The lowest BCUT2D eigenvalue weighted by molar-refractivity contribution is -0.131. The molecule has 208 valence electrons. The maximum atomic E-state index is 12.6. The highest BCUT2D eigenvalue weighted by atomic mass is 16.5. The molecular weight excluding hydrogens is 474 g/mol. The van der Waals surface area contributed by atoms with Crippen molar-refractivity contribution >= 4 is 23.3 Å². The second-order valence-corrected chi connectivity index (χ2v) is 9.61. The number of nitrogens with zero attached hydrogens (tertiary/aromatic N) is 2. The molecule has 1 aliphatic rings. The molecule has 1 N–H and O–H groups in total. The molecule has 1 aromatic rings. The molecule has 37 heavy (non-hydrogen) atoms. The van der Waals surface area contributed by atoms with E-state index in [1.54, 1.807) is 21.1 Å². The van der Waals surface area contributed by atoms with E-state index in [9.17, 15) is 14.4 Å². The van der Waals surface area contributed by atoms with Gasteiger partial charge in [-0.1, -0.05) is 18.2 Å². The number of anilines is 1. The van der Waals surface area contributed by atoms with Gasteiger partial charge in [0.1, 0.15) is 5.78 Å². The predicted octanol–water partition coefficient (Wildman–Crippen LogP) is 2.46. The van der Waals surface area contributed by atoms with E-state index in [4.69, 9.17) is 14.2 Å².